The van der Waals surface area contributed by atoms with Crippen molar-refractivity contribution in [3.05, 3.63) is 94.3 Å². The Morgan fingerprint density at radius 1 is 1.00 bits per heavy atom. The van der Waals surface area contributed by atoms with Gasteiger partial charge in [-0.2, -0.15) is 8.42 Å². The van der Waals surface area contributed by atoms with Gasteiger partial charge in [0.25, 0.3) is 0 Å². The normalized spacial score (nSPS) is 11.3. The molecule has 174 valence electrons. The van der Waals surface area contributed by atoms with Crippen molar-refractivity contribution < 1.29 is 26.5 Å². The van der Waals surface area contributed by atoms with Crippen molar-refractivity contribution in [2.45, 2.75) is 24.9 Å². The van der Waals surface area contributed by atoms with Crippen molar-refractivity contribution >= 4 is 27.6 Å². The first kappa shape index (κ1) is 24.7. The highest BCUT2D eigenvalue weighted by molar-refractivity contribution is 7.87. The summed E-state index contributed by atoms with van der Waals surface area (Å²) in [5, 5.41) is 0.0711. The van der Waals surface area contributed by atoms with E-state index in [0.717, 1.165) is 5.56 Å². The van der Waals surface area contributed by atoms with Gasteiger partial charge >= 0.3 is 10.1 Å². The highest BCUT2D eigenvalue weighted by Gasteiger charge is 2.23. The number of carbonyl (C=O) groups excluding carboxylic acids is 1. The maximum atomic E-state index is 13.2. The minimum atomic E-state index is -4.17. The fraction of sp³-hybridized carbons (Fsp3) is 0.208. The molecule has 3 aromatic carbocycles. The molecule has 0 aromatic heterocycles. The predicted molar refractivity (Wildman–Crippen MR) is 123 cm³/mol. The lowest BCUT2D eigenvalue weighted by Gasteiger charge is -2.23. The second-order valence-electron chi connectivity index (χ2n) is 7.38. The van der Waals surface area contributed by atoms with Crippen molar-refractivity contribution in [3.8, 4) is 5.75 Å². The molecule has 0 N–H and O–H groups in total. The zero-order chi connectivity index (χ0) is 24.0. The average Bonchev–Trinajstić information content (AvgIpc) is 2.74. The number of amides is 1. The van der Waals surface area contributed by atoms with Crippen molar-refractivity contribution in [1.82, 2.24) is 4.90 Å². The first-order valence-electron chi connectivity index (χ1n) is 9.99. The standard InChI is InChI=1S/C24H23ClFNO5S/c1-17-5-3-8-22(25)24(17)33(29,30)32-21-7-4-6-19(13-21)15-27(23(28)16-31-2)14-18-9-11-20(26)12-10-18/h3-13H,14-16H2,1-2H3. The minimum absolute atomic E-state index is 0.0711. The molecule has 0 radical (unpaired) electrons. The van der Waals surface area contributed by atoms with Gasteiger partial charge in [0.1, 0.15) is 23.1 Å². The topological polar surface area (TPSA) is 72.9 Å². The van der Waals surface area contributed by atoms with Gasteiger partial charge in [-0.05, 0) is 53.9 Å². The summed E-state index contributed by atoms with van der Waals surface area (Å²) in [5.41, 5.74) is 1.85. The highest BCUT2D eigenvalue weighted by Crippen LogP contribution is 2.28. The first-order valence-corrected chi connectivity index (χ1v) is 11.8. The lowest BCUT2D eigenvalue weighted by atomic mass is 10.1. The van der Waals surface area contributed by atoms with E-state index in [2.05, 4.69) is 0 Å². The third kappa shape index (κ3) is 6.54. The number of ether oxygens (including phenoxy) is 1. The summed E-state index contributed by atoms with van der Waals surface area (Å²) in [7, 11) is -2.74. The van der Waals surface area contributed by atoms with Crippen LogP contribution in [0.3, 0.4) is 0 Å². The van der Waals surface area contributed by atoms with Gasteiger partial charge in [0, 0.05) is 20.2 Å². The lowest BCUT2D eigenvalue weighted by molar-refractivity contribution is -0.136. The molecule has 1 amide bonds. The summed E-state index contributed by atoms with van der Waals surface area (Å²) in [6.45, 7) is 1.90. The second-order valence-corrected chi connectivity index (χ2v) is 9.27. The number of carbonyl (C=O) groups is 1. The van der Waals surface area contributed by atoms with Crippen LogP contribution in [0.25, 0.3) is 0 Å². The molecule has 0 aliphatic carbocycles. The number of hydrogen-bond acceptors (Lipinski definition) is 5. The second kappa shape index (κ2) is 10.8. The predicted octanol–water partition coefficient (Wildman–Crippen LogP) is 4.73. The van der Waals surface area contributed by atoms with Gasteiger partial charge in [0.05, 0.1) is 5.02 Å². The molecule has 0 aliphatic rings. The average molecular weight is 492 g/mol. The zero-order valence-corrected chi connectivity index (χ0v) is 19.7. The fourth-order valence-corrected chi connectivity index (χ4v) is 4.99. The molecule has 0 bridgehead atoms. The monoisotopic (exact) mass is 491 g/mol. The fourth-order valence-electron chi connectivity index (χ4n) is 3.27. The number of benzene rings is 3. The summed E-state index contributed by atoms with van der Waals surface area (Å²) in [6, 6.07) is 17.0. The summed E-state index contributed by atoms with van der Waals surface area (Å²) < 4.78 is 49.2. The molecule has 0 saturated heterocycles. The molecule has 9 heteroatoms. The SMILES string of the molecule is COCC(=O)N(Cc1ccc(F)cc1)Cc1cccc(OS(=O)(=O)c2c(C)cccc2Cl)c1. The molecule has 0 unspecified atom stereocenters. The number of aryl methyl sites for hydroxylation is 1. The molecule has 0 fully saturated rings. The summed E-state index contributed by atoms with van der Waals surface area (Å²) in [4.78, 5) is 14.0. The Kier molecular flexibility index (Phi) is 8.07. The molecular weight excluding hydrogens is 469 g/mol. The van der Waals surface area contributed by atoms with E-state index in [1.807, 2.05) is 0 Å². The van der Waals surface area contributed by atoms with E-state index in [0.29, 0.717) is 11.1 Å². The van der Waals surface area contributed by atoms with Gasteiger partial charge in [-0.1, -0.05) is 48.0 Å². The van der Waals surface area contributed by atoms with Gasteiger partial charge in [-0.25, -0.2) is 4.39 Å². The van der Waals surface area contributed by atoms with Gasteiger partial charge in [-0.15, -0.1) is 0 Å². The Labute approximate surface area is 197 Å². The van der Waals surface area contributed by atoms with E-state index >= 15 is 0 Å². The van der Waals surface area contributed by atoms with E-state index in [1.165, 1.54) is 36.3 Å². The molecule has 0 heterocycles. The van der Waals surface area contributed by atoms with Crippen LogP contribution < -0.4 is 4.18 Å². The summed E-state index contributed by atoms with van der Waals surface area (Å²) in [5.74, 6) is -0.548. The Hall–Kier alpha value is -2.94. The summed E-state index contributed by atoms with van der Waals surface area (Å²) in [6.07, 6.45) is 0. The Morgan fingerprint density at radius 2 is 1.67 bits per heavy atom. The molecule has 3 rings (SSSR count). The molecule has 33 heavy (non-hydrogen) atoms. The van der Waals surface area contributed by atoms with Crippen LogP contribution in [0.4, 0.5) is 4.39 Å². The van der Waals surface area contributed by atoms with Crippen molar-refractivity contribution in [3.63, 3.8) is 0 Å². The quantitative estimate of drug-likeness (QED) is 0.405. The molecule has 0 spiro atoms. The van der Waals surface area contributed by atoms with Gasteiger partial charge in [-0.3, -0.25) is 4.79 Å². The number of hydrogen-bond donors (Lipinski definition) is 0. The van der Waals surface area contributed by atoms with Crippen LogP contribution in [0.2, 0.25) is 5.02 Å². The number of rotatable bonds is 9. The third-order valence-corrected chi connectivity index (χ3v) is 6.68. The minimum Gasteiger partial charge on any atom is -0.379 e. The van der Waals surface area contributed by atoms with Gasteiger partial charge < -0.3 is 13.8 Å². The number of halogens is 2. The van der Waals surface area contributed by atoms with Crippen molar-refractivity contribution in [1.29, 1.82) is 0 Å². The summed E-state index contributed by atoms with van der Waals surface area (Å²) >= 11 is 6.09. The number of methoxy groups -OCH3 is 1. The van der Waals surface area contributed by atoms with Crippen LogP contribution in [0.5, 0.6) is 5.75 Å². The molecule has 0 atom stereocenters. The van der Waals surface area contributed by atoms with Crippen LogP contribution in [0.1, 0.15) is 16.7 Å². The van der Waals surface area contributed by atoms with Crippen molar-refractivity contribution in [2.75, 3.05) is 13.7 Å². The highest BCUT2D eigenvalue weighted by atomic mass is 35.5. The maximum Gasteiger partial charge on any atom is 0.340 e. The Morgan fingerprint density at radius 3 is 2.33 bits per heavy atom. The van der Waals surface area contributed by atoms with Crippen LogP contribution in [0.15, 0.2) is 71.6 Å². The maximum absolute atomic E-state index is 13.2. The van der Waals surface area contributed by atoms with Gasteiger partial charge in [0.2, 0.25) is 5.91 Å². The van der Waals surface area contributed by atoms with E-state index < -0.39 is 10.1 Å². The van der Waals surface area contributed by atoms with Crippen LogP contribution in [0, 0.1) is 12.7 Å². The zero-order valence-electron chi connectivity index (χ0n) is 18.1. The Balaban J connectivity index is 1.83. The number of nitrogens with zero attached hydrogens (tertiary/aromatic N) is 1. The smallest absolute Gasteiger partial charge is 0.340 e. The van der Waals surface area contributed by atoms with Crippen LogP contribution in [-0.2, 0) is 32.7 Å². The molecule has 6 nitrogen and oxygen atoms in total. The Bertz CT molecular complexity index is 1210. The molecule has 0 saturated carbocycles. The van der Waals surface area contributed by atoms with Crippen LogP contribution >= 0.6 is 11.6 Å². The van der Waals surface area contributed by atoms with Crippen LogP contribution in [-0.4, -0.2) is 32.9 Å². The largest absolute Gasteiger partial charge is 0.379 e. The van der Waals surface area contributed by atoms with Gasteiger partial charge in [0.15, 0.2) is 0 Å². The molecule has 0 aliphatic heterocycles. The van der Waals surface area contributed by atoms with E-state index in [1.54, 1.807) is 49.4 Å². The molecular formula is C24H23ClFNO5S. The van der Waals surface area contributed by atoms with E-state index in [-0.39, 0.29) is 47.1 Å². The molecule has 3 aromatic rings. The van der Waals surface area contributed by atoms with E-state index in [9.17, 15) is 17.6 Å². The third-order valence-electron chi connectivity index (χ3n) is 4.80. The van der Waals surface area contributed by atoms with E-state index in [4.69, 9.17) is 20.5 Å². The lowest BCUT2D eigenvalue weighted by Crippen LogP contribution is -2.32. The first-order chi connectivity index (χ1) is 15.7. The van der Waals surface area contributed by atoms with Crippen molar-refractivity contribution in [2.24, 2.45) is 0 Å².